The Kier molecular flexibility index (Phi) is 55.0. The van der Waals surface area contributed by atoms with Crippen molar-refractivity contribution in [2.75, 3.05) is 13.2 Å². The third kappa shape index (κ3) is 52.0. The van der Waals surface area contributed by atoms with Gasteiger partial charge in [0.05, 0.1) is 25.4 Å². The summed E-state index contributed by atoms with van der Waals surface area (Å²) < 4.78 is 5.48. The van der Waals surface area contributed by atoms with E-state index in [0.29, 0.717) is 19.4 Å². The molecule has 0 aromatic carbocycles. The molecule has 6 nitrogen and oxygen atoms in total. The van der Waals surface area contributed by atoms with Gasteiger partial charge in [-0.3, -0.25) is 9.59 Å². The summed E-state index contributed by atoms with van der Waals surface area (Å²) in [5.74, 6) is -0.0504. The zero-order chi connectivity index (χ0) is 47.9. The molecule has 0 saturated carbocycles. The molecule has 0 fully saturated rings. The van der Waals surface area contributed by atoms with Gasteiger partial charge in [-0.25, -0.2) is 0 Å². The number of hydrogen-bond acceptors (Lipinski definition) is 5. The minimum absolute atomic E-state index is 0.0158. The number of hydrogen-bond donors (Lipinski definition) is 3. The molecular formula is C60H117NO5. The van der Waals surface area contributed by atoms with Gasteiger partial charge in [0.15, 0.2) is 0 Å². The number of nitrogens with one attached hydrogen (secondary N) is 1. The van der Waals surface area contributed by atoms with E-state index >= 15 is 0 Å². The molecule has 0 spiro atoms. The summed E-state index contributed by atoms with van der Waals surface area (Å²) in [4.78, 5) is 24.5. The lowest BCUT2D eigenvalue weighted by molar-refractivity contribution is -0.143. The van der Waals surface area contributed by atoms with Crippen LogP contribution in [0.2, 0.25) is 0 Å². The van der Waals surface area contributed by atoms with Gasteiger partial charge in [0.25, 0.3) is 0 Å². The third-order valence-corrected chi connectivity index (χ3v) is 14.1. The first-order chi connectivity index (χ1) is 32.5. The lowest BCUT2D eigenvalue weighted by Crippen LogP contribution is -2.45. The van der Waals surface area contributed by atoms with E-state index in [-0.39, 0.29) is 18.5 Å². The quantitative estimate of drug-likeness (QED) is 0.0321. The number of allylic oxidation sites excluding steroid dienone is 1. The molecule has 6 heteroatoms. The molecule has 0 aliphatic carbocycles. The molecule has 392 valence electrons. The van der Waals surface area contributed by atoms with Crippen LogP contribution in [0.4, 0.5) is 0 Å². The fourth-order valence-electron chi connectivity index (χ4n) is 9.46. The first-order valence-corrected chi connectivity index (χ1v) is 30.0. The molecule has 3 N–H and O–H groups in total. The van der Waals surface area contributed by atoms with Crippen molar-refractivity contribution in [3.05, 3.63) is 12.2 Å². The van der Waals surface area contributed by atoms with Crippen molar-refractivity contribution in [1.82, 2.24) is 5.32 Å². The van der Waals surface area contributed by atoms with E-state index in [1.165, 1.54) is 270 Å². The summed E-state index contributed by atoms with van der Waals surface area (Å²) in [6, 6.07) is -0.625. The van der Waals surface area contributed by atoms with Crippen LogP contribution in [0.3, 0.4) is 0 Å². The topological polar surface area (TPSA) is 95.9 Å². The van der Waals surface area contributed by atoms with Crippen LogP contribution >= 0.6 is 0 Å². The van der Waals surface area contributed by atoms with E-state index in [0.717, 1.165) is 38.5 Å². The zero-order valence-electron chi connectivity index (χ0n) is 44.7. The molecule has 0 heterocycles. The second-order valence-electron chi connectivity index (χ2n) is 20.7. The zero-order valence-corrected chi connectivity index (χ0v) is 44.7. The Labute approximate surface area is 412 Å². The van der Waals surface area contributed by atoms with Gasteiger partial charge in [-0.2, -0.15) is 0 Å². The average molecular weight is 933 g/mol. The molecule has 0 aromatic heterocycles. The number of rotatable bonds is 56. The second-order valence-corrected chi connectivity index (χ2v) is 20.7. The van der Waals surface area contributed by atoms with Gasteiger partial charge in [-0.1, -0.05) is 302 Å². The predicted octanol–water partition coefficient (Wildman–Crippen LogP) is 18.5. The van der Waals surface area contributed by atoms with Gasteiger partial charge in [-0.05, 0) is 32.1 Å². The van der Waals surface area contributed by atoms with Gasteiger partial charge < -0.3 is 20.3 Å². The van der Waals surface area contributed by atoms with Gasteiger partial charge in [0, 0.05) is 12.8 Å². The highest BCUT2D eigenvalue weighted by molar-refractivity contribution is 5.76. The smallest absolute Gasteiger partial charge is 0.305 e. The van der Waals surface area contributed by atoms with Gasteiger partial charge >= 0.3 is 5.97 Å². The van der Waals surface area contributed by atoms with Crippen LogP contribution in [-0.4, -0.2) is 47.4 Å². The number of esters is 1. The van der Waals surface area contributed by atoms with E-state index in [4.69, 9.17) is 4.74 Å². The number of ether oxygens (including phenoxy) is 1. The van der Waals surface area contributed by atoms with Crippen LogP contribution < -0.4 is 5.32 Å². The summed E-state index contributed by atoms with van der Waals surface area (Å²) in [5.41, 5.74) is 0. The van der Waals surface area contributed by atoms with E-state index in [2.05, 4.69) is 19.2 Å². The highest BCUT2D eigenvalue weighted by Crippen LogP contribution is 2.18. The van der Waals surface area contributed by atoms with Gasteiger partial charge in [0.1, 0.15) is 0 Å². The maximum atomic E-state index is 12.4. The lowest BCUT2D eigenvalue weighted by Gasteiger charge is -2.20. The Morgan fingerprint density at radius 1 is 0.409 bits per heavy atom. The lowest BCUT2D eigenvalue weighted by atomic mass is 10.0. The van der Waals surface area contributed by atoms with E-state index < -0.39 is 12.1 Å². The predicted molar refractivity (Wildman–Crippen MR) is 287 cm³/mol. The van der Waals surface area contributed by atoms with Crippen molar-refractivity contribution in [2.24, 2.45) is 0 Å². The molecule has 0 aliphatic heterocycles. The van der Waals surface area contributed by atoms with E-state index in [9.17, 15) is 19.8 Å². The van der Waals surface area contributed by atoms with Crippen molar-refractivity contribution in [1.29, 1.82) is 0 Å². The van der Waals surface area contributed by atoms with E-state index in [1.807, 2.05) is 6.08 Å². The number of aliphatic hydroxyl groups is 2. The van der Waals surface area contributed by atoms with Crippen LogP contribution in [0.5, 0.6) is 0 Å². The largest absolute Gasteiger partial charge is 0.466 e. The number of carbonyl (C=O) groups excluding carboxylic acids is 2. The van der Waals surface area contributed by atoms with Crippen LogP contribution in [0, 0.1) is 0 Å². The molecule has 2 unspecified atom stereocenters. The molecule has 0 aliphatic rings. The second kappa shape index (κ2) is 56.2. The minimum atomic E-state index is -0.842. The molecule has 0 radical (unpaired) electrons. The monoisotopic (exact) mass is 932 g/mol. The molecule has 0 aromatic rings. The van der Waals surface area contributed by atoms with Crippen molar-refractivity contribution >= 4 is 11.9 Å². The highest BCUT2D eigenvalue weighted by atomic mass is 16.5. The van der Waals surface area contributed by atoms with Gasteiger partial charge in [0.2, 0.25) is 5.91 Å². The maximum absolute atomic E-state index is 12.4. The Morgan fingerprint density at radius 3 is 1.03 bits per heavy atom. The summed E-state index contributed by atoms with van der Waals surface area (Å²) in [6.45, 7) is 4.92. The Hall–Kier alpha value is -1.40. The van der Waals surface area contributed by atoms with Crippen LogP contribution in [0.1, 0.15) is 335 Å². The summed E-state index contributed by atoms with van der Waals surface area (Å²) in [5, 5.41) is 23.1. The maximum Gasteiger partial charge on any atom is 0.305 e. The Morgan fingerprint density at radius 2 is 0.697 bits per heavy atom. The normalized spacial score (nSPS) is 12.6. The number of amides is 1. The first-order valence-electron chi connectivity index (χ1n) is 30.0. The first kappa shape index (κ1) is 64.6. The number of aliphatic hydroxyl groups excluding tert-OH is 2. The van der Waals surface area contributed by atoms with Crippen molar-refractivity contribution < 1.29 is 24.5 Å². The fourth-order valence-corrected chi connectivity index (χ4v) is 9.46. The molecule has 0 bridgehead atoms. The Bertz CT molecular complexity index is 986. The van der Waals surface area contributed by atoms with Crippen LogP contribution in [-0.2, 0) is 14.3 Å². The molecule has 2 atom stereocenters. The number of carbonyl (C=O) groups is 2. The van der Waals surface area contributed by atoms with Crippen molar-refractivity contribution in [3.8, 4) is 0 Å². The average Bonchev–Trinajstić information content (AvgIpc) is 3.32. The van der Waals surface area contributed by atoms with Gasteiger partial charge in [-0.15, -0.1) is 0 Å². The Balaban J connectivity index is 3.37. The molecule has 1 amide bonds. The number of unbranched alkanes of at least 4 members (excludes halogenated alkanes) is 45. The summed E-state index contributed by atoms with van der Waals surface area (Å²) in [6.07, 6.45) is 66.7. The fraction of sp³-hybridized carbons (Fsp3) is 0.933. The third-order valence-electron chi connectivity index (χ3n) is 14.1. The standard InChI is InChI=1S/C60H117NO5/c1-3-5-7-9-11-13-15-28-32-36-40-44-48-52-58(63)57(56-62)61-59(64)53-49-45-41-37-33-30-26-24-22-20-18-17-19-21-23-25-27-31-35-39-43-47-51-55-66-60(65)54-50-46-42-38-34-29-16-14-12-10-8-6-4-2/h48,52,57-58,62-63H,3-47,49-51,53-56H2,1-2H3,(H,61,64)/b52-48+. The van der Waals surface area contributed by atoms with Crippen molar-refractivity contribution in [2.45, 2.75) is 347 Å². The van der Waals surface area contributed by atoms with Crippen LogP contribution in [0.15, 0.2) is 12.2 Å². The SMILES string of the molecule is CCCCCCCCCCCCC/C=C/C(O)C(CO)NC(=O)CCCCCCCCCCCCCCCCCCCCCCCCCOC(=O)CCCCCCCCCCCCCCC. The molecular weight excluding hydrogens is 815 g/mol. The summed E-state index contributed by atoms with van der Waals surface area (Å²) >= 11 is 0. The highest BCUT2D eigenvalue weighted by Gasteiger charge is 2.18. The van der Waals surface area contributed by atoms with E-state index in [1.54, 1.807) is 6.08 Å². The molecule has 66 heavy (non-hydrogen) atoms. The molecule has 0 saturated heterocycles. The van der Waals surface area contributed by atoms with Crippen LogP contribution in [0.25, 0.3) is 0 Å². The molecule has 0 rings (SSSR count). The summed E-state index contributed by atoms with van der Waals surface area (Å²) in [7, 11) is 0. The minimum Gasteiger partial charge on any atom is -0.466 e. The van der Waals surface area contributed by atoms with Crippen molar-refractivity contribution in [3.63, 3.8) is 0 Å².